The first-order chi connectivity index (χ1) is 12.0. The van der Waals surface area contributed by atoms with Crippen LogP contribution in [0.15, 0.2) is 53.0 Å². The Kier molecular flexibility index (Phi) is 5.08. The van der Waals surface area contributed by atoms with E-state index < -0.39 is 6.04 Å². The second-order valence-corrected chi connectivity index (χ2v) is 6.79. The predicted octanol–water partition coefficient (Wildman–Crippen LogP) is 3.34. The van der Waals surface area contributed by atoms with Gasteiger partial charge in [0.15, 0.2) is 0 Å². The monoisotopic (exact) mass is 402 g/mol. The molecule has 25 heavy (non-hydrogen) atoms. The zero-order chi connectivity index (χ0) is 18.0. The fraction of sp³-hybridized carbons (Fsp3) is 0.263. The van der Waals surface area contributed by atoms with Gasteiger partial charge in [-0.2, -0.15) is 0 Å². The molecule has 1 fully saturated rings. The lowest BCUT2D eigenvalue weighted by Crippen LogP contribution is -2.57. The maximum Gasteiger partial charge on any atom is 0.254 e. The molecule has 1 saturated heterocycles. The molecule has 0 bridgehead atoms. The lowest BCUT2D eigenvalue weighted by atomic mass is 10.1. The molecule has 6 heteroatoms. The number of ether oxygens (including phenoxy) is 1. The molecular formula is C19H19BrN2O3. The van der Waals surface area contributed by atoms with E-state index in [1.807, 2.05) is 36.4 Å². The molecule has 0 N–H and O–H groups in total. The summed E-state index contributed by atoms with van der Waals surface area (Å²) in [6.07, 6.45) is 0. The van der Waals surface area contributed by atoms with Gasteiger partial charge in [0.05, 0.1) is 7.11 Å². The number of piperazine rings is 1. The highest BCUT2D eigenvalue weighted by atomic mass is 79.9. The molecule has 2 aromatic carbocycles. The molecule has 1 atom stereocenters. The van der Waals surface area contributed by atoms with Crippen molar-refractivity contribution < 1.29 is 14.3 Å². The number of anilines is 1. The summed E-state index contributed by atoms with van der Waals surface area (Å²) in [5.41, 5.74) is 1.39. The molecule has 0 aromatic heterocycles. The van der Waals surface area contributed by atoms with Crippen LogP contribution >= 0.6 is 15.9 Å². The Bertz CT molecular complexity index is 792. The lowest BCUT2D eigenvalue weighted by molar-refractivity contribution is -0.124. The summed E-state index contributed by atoms with van der Waals surface area (Å²) in [5.74, 6) is 0.531. The van der Waals surface area contributed by atoms with Crippen LogP contribution in [0.4, 0.5) is 5.69 Å². The van der Waals surface area contributed by atoms with Crippen LogP contribution in [0, 0.1) is 0 Å². The smallest absolute Gasteiger partial charge is 0.254 e. The number of carbonyl (C=O) groups is 2. The van der Waals surface area contributed by atoms with Crippen molar-refractivity contribution >= 4 is 33.4 Å². The van der Waals surface area contributed by atoms with Gasteiger partial charge in [-0.15, -0.1) is 0 Å². The first-order valence-corrected chi connectivity index (χ1v) is 8.82. The Hall–Kier alpha value is -2.34. The summed E-state index contributed by atoms with van der Waals surface area (Å²) in [7, 11) is 1.61. The predicted molar refractivity (Wildman–Crippen MR) is 100.0 cm³/mol. The molecule has 130 valence electrons. The minimum atomic E-state index is -0.512. The quantitative estimate of drug-likeness (QED) is 0.790. The fourth-order valence-electron chi connectivity index (χ4n) is 2.95. The highest BCUT2D eigenvalue weighted by Crippen LogP contribution is 2.24. The van der Waals surface area contributed by atoms with Crippen molar-refractivity contribution in [3.63, 3.8) is 0 Å². The van der Waals surface area contributed by atoms with Crippen LogP contribution in [0.3, 0.4) is 0 Å². The van der Waals surface area contributed by atoms with Crippen LogP contribution in [0.25, 0.3) is 0 Å². The number of hydrogen-bond acceptors (Lipinski definition) is 3. The molecule has 1 unspecified atom stereocenters. The van der Waals surface area contributed by atoms with E-state index in [9.17, 15) is 9.59 Å². The number of hydrogen-bond donors (Lipinski definition) is 0. The number of benzene rings is 2. The maximum absolute atomic E-state index is 12.8. The van der Waals surface area contributed by atoms with Crippen LogP contribution in [0.5, 0.6) is 5.75 Å². The fourth-order valence-corrected chi connectivity index (χ4v) is 3.35. The largest absolute Gasteiger partial charge is 0.497 e. The Balaban J connectivity index is 1.77. The van der Waals surface area contributed by atoms with Gasteiger partial charge in [-0.05, 0) is 49.4 Å². The molecule has 2 aromatic rings. The van der Waals surface area contributed by atoms with Gasteiger partial charge in [-0.25, -0.2) is 0 Å². The highest BCUT2D eigenvalue weighted by Gasteiger charge is 2.35. The van der Waals surface area contributed by atoms with E-state index in [1.54, 1.807) is 36.0 Å². The number of methoxy groups -OCH3 is 1. The minimum Gasteiger partial charge on any atom is -0.497 e. The standard InChI is InChI=1S/C19H19BrN2O3/c1-13-18(23)22(16-6-8-17(25-2)9-7-16)11-10-21(13)19(24)14-4-3-5-15(20)12-14/h3-9,12-13H,10-11H2,1-2H3. The third kappa shape index (κ3) is 3.54. The Morgan fingerprint density at radius 2 is 1.88 bits per heavy atom. The third-order valence-corrected chi connectivity index (χ3v) is 4.87. The summed E-state index contributed by atoms with van der Waals surface area (Å²) >= 11 is 3.38. The zero-order valence-electron chi connectivity index (χ0n) is 14.1. The van der Waals surface area contributed by atoms with Gasteiger partial charge in [0.1, 0.15) is 11.8 Å². The van der Waals surface area contributed by atoms with Gasteiger partial charge in [-0.3, -0.25) is 9.59 Å². The van der Waals surface area contributed by atoms with Crippen LogP contribution in [-0.4, -0.2) is 43.0 Å². The highest BCUT2D eigenvalue weighted by molar-refractivity contribution is 9.10. The second kappa shape index (κ2) is 7.27. The molecule has 3 rings (SSSR count). The van der Waals surface area contributed by atoms with Gasteiger partial charge in [0.2, 0.25) is 5.91 Å². The Morgan fingerprint density at radius 1 is 1.16 bits per heavy atom. The summed E-state index contributed by atoms with van der Waals surface area (Å²) in [6, 6.07) is 14.1. The maximum atomic E-state index is 12.8. The van der Waals surface area contributed by atoms with Crippen molar-refractivity contribution in [1.29, 1.82) is 0 Å². The number of halogens is 1. The van der Waals surface area contributed by atoms with Crippen molar-refractivity contribution in [3.8, 4) is 5.75 Å². The molecule has 2 amide bonds. The minimum absolute atomic E-state index is 0.0836. The molecular weight excluding hydrogens is 384 g/mol. The van der Waals surface area contributed by atoms with Crippen LogP contribution < -0.4 is 9.64 Å². The van der Waals surface area contributed by atoms with E-state index in [0.29, 0.717) is 18.7 Å². The van der Waals surface area contributed by atoms with E-state index in [-0.39, 0.29) is 11.8 Å². The number of carbonyl (C=O) groups excluding carboxylic acids is 2. The van der Waals surface area contributed by atoms with Gasteiger partial charge in [0.25, 0.3) is 5.91 Å². The van der Waals surface area contributed by atoms with Crippen molar-refractivity contribution in [2.24, 2.45) is 0 Å². The van der Waals surface area contributed by atoms with E-state index >= 15 is 0 Å². The van der Waals surface area contributed by atoms with E-state index in [2.05, 4.69) is 15.9 Å². The van der Waals surface area contributed by atoms with E-state index in [1.165, 1.54) is 0 Å². The van der Waals surface area contributed by atoms with Gasteiger partial charge in [-0.1, -0.05) is 22.0 Å². The van der Waals surface area contributed by atoms with Gasteiger partial charge < -0.3 is 14.5 Å². The molecule has 1 aliphatic rings. The summed E-state index contributed by atoms with van der Waals surface area (Å²) in [6.45, 7) is 2.73. The molecule has 0 saturated carbocycles. The van der Waals surface area contributed by atoms with Crippen molar-refractivity contribution in [2.45, 2.75) is 13.0 Å². The van der Waals surface area contributed by atoms with E-state index in [4.69, 9.17) is 4.74 Å². The zero-order valence-corrected chi connectivity index (χ0v) is 15.7. The number of nitrogens with zero attached hydrogens (tertiary/aromatic N) is 2. The topological polar surface area (TPSA) is 49.9 Å². The molecule has 0 spiro atoms. The number of rotatable bonds is 3. The molecule has 0 radical (unpaired) electrons. The van der Waals surface area contributed by atoms with Crippen molar-refractivity contribution in [3.05, 3.63) is 58.6 Å². The second-order valence-electron chi connectivity index (χ2n) is 5.87. The first-order valence-electron chi connectivity index (χ1n) is 8.03. The van der Waals surface area contributed by atoms with Crippen molar-refractivity contribution in [2.75, 3.05) is 25.1 Å². The third-order valence-electron chi connectivity index (χ3n) is 4.37. The van der Waals surface area contributed by atoms with Crippen LogP contribution in [0.1, 0.15) is 17.3 Å². The van der Waals surface area contributed by atoms with Crippen molar-refractivity contribution in [1.82, 2.24) is 4.90 Å². The normalized spacial score (nSPS) is 17.6. The van der Waals surface area contributed by atoms with Gasteiger partial charge >= 0.3 is 0 Å². The Morgan fingerprint density at radius 3 is 2.52 bits per heavy atom. The first kappa shape index (κ1) is 17.5. The lowest BCUT2D eigenvalue weighted by Gasteiger charge is -2.39. The summed E-state index contributed by atoms with van der Waals surface area (Å²) in [5, 5.41) is 0. The average Bonchev–Trinajstić information content (AvgIpc) is 2.63. The summed E-state index contributed by atoms with van der Waals surface area (Å²) in [4.78, 5) is 28.9. The van der Waals surface area contributed by atoms with E-state index in [0.717, 1.165) is 15.9 Å². The average molecular weight is 403 g/mol. The molecule has 5 nitrogen and oxygen atoms in total. The molecule has 0 aliphatic carbocycles. The van der Waals surface area contributed by atoms with Crippen LogP contribution in [-0.2, 0) is 4.79 Å². The SMILES string of the molecule is COc1ccc(N2CCN(C(=O)c3cccc(Br)c3)C(C)C2=O)cc1. The summed E-state index contributed by atoms with van der Waals surface area (Å²) < 4.78 is 5.99. The Labute approximate surface area is 155 Å². The van der Waals surface area contributed by atoms with Gasteiger partial charge in [0, 0.05) is 28.8 Å². The molecule has 1 heterocycles. The number of amides is 2. The molecule has 1 aliphatic heterocycles. The van der Waals surface area contributed by atoms with Crippen LogP contribution in [0.2, 0.25) is 0 Å².